The summed E-state index contributed by atoms with van der Waals surface area (Å²) in [5.41, 5.74) is 6.97. The summed E-state index contributed by atoms with van der Waals surface area (Å²) < 4.78 is 5.45. The largest absolute Gasteiger partial charge is 0.497 e. The average Bonchev–Trinajstić information content (AvgIpc) is 2.82. The molecule has 0 radical (unpaired) electrons. The summed E-state index contributed by atoms with van der Waals surface area (Å²) in [6.45, 7) is 4.41. The first kappa shape index (κ1) is 16.7. The number of benzene rings is 2. The molecular formula is C22H24N2O2. The van der Waals surface area contributed by atoms with Gasteiger partial charge in [-0.15, -0.1) is 0 Å². The highest BCUT2D eigenvalue weighted by molar-refractivity contribution is 6.02. The summed E-state index contributed by atoms with van der Waals surface area (Å²) in [6.07, 6.45) is 1.68. The van der Waals surface area contributed by atoms with Gasteiger partial charge in [-0.25, -0.2) is 0 Å². The van der Waals surface area contributed by atoms with Gasteiger partial charge in [0.15, 0.2) is 0 Å². The number of hydrogen-bond acceptors (Lipinski definition) is 3. The molecule has 0 fully saturated rings. The van der Waals surface area contributed by atoms with Crippen LogP contribution in [0.1, 0.15) is 28.7 Å². The molecule has 2 aromatic carbocycles. The third-order valence-corrected chi connectivity index (χ3v) is 5.38. The maximum Gasteiger partial charge on any atom is 0.249 e. The van der Waals surface area contributed by atoms with E-state index >= 15 is 0 Å². The van der Waals surface area contributed by atoms with Crippen molar-refractivity contribution in [3.63, 3.8) is 0 Å². The van der Waals surface area contributed by atoms with E-state index in [1.807, 2.05) is 6.07 Å². The van der Waals surface area contributed by atoms with Crippen molar-refractivity contribution in [2.75, 3.05) is 20.2 Å². The van der Waals surface area contributed by atoms with Crippen LogP contribution in [0.5, 0.6) is 5.75 Å². The lowest BCUT2D eigenvalue weighted by Gasteiger charge is -2.32. The van der Waals surface area contributed by atoms with Crippen LogP contribution in [-0.2, 0) is 17.8 Å². The molecular weight excluding hydrogens is 324 g/mol. The molecule has 4 heteroatoms. The SMILES string of the molecule is COc1ccc2c(c1)C1=C(CC2)C(=O)NCCN1Cc1ccccc1C. The van der Waals surface area contributed by atoms with E-state index in [4.69, 9.17) is 4.74 Å². The number of rotatable bonds is 3. The smallest absolute Gasteiger partial charge is 0.249 e. The predicted molar refractivity (Wildman–Crippen MR) is 103 cm³/mol. The molecule has 0 saturated heterocycles. The Labute approximate surface area is 154 Å². The van der Waals surface area contributed by atoms with Gasteiger partial charge in [-0.1, -0.05) is 30.3 Å². The molecule has 0 saturated carbocycles. The molecule has 1 aliphatic heterocycles. The van der Waals surface area contributed by atoms with Crippen LogP contribution >= 0.6 is 0 Å². The maximum atomic E-state index is 12.7. The van der Waals surface area contributed by atoms with E-state index < -0.39 is 0 Å². The number of amides is 1. The summed E-state index contributed by atoms with van der Waals surface area (Å²) in [6, 6.07) is 14.7. The predicted octanol–water partition coefficient (Wildman–Crippen LogP) is 3.29. The van der Waals surface area contributed by atoms with E-state index in [2.05, 4.69) is 53.5 Å². The van der Waals surface area contributed by atoms with Gasteiger partial charge in [-0.2, -0.15) is 0 Å². The Kier molecular flexibility index (Phi) is 4.41. The van der Waals surface area contributed by atoms with Crippen LogP contribution in [-0.4, -0.2) is 31.0 Å². The number of carbonyl (C=O) groups excluding carboxylic acids is 1. The first-order valence-corrected chi connectivity index (χ1v) is 9.15. The summed E-state index contributed by atoms with van der Waals surface area (Å²) >= 11 is 0. The number of nitrogens with one attached hydrogen (secondary N) is 1. The number of hydrogen-bond donors (Lipinski definition) is 1. The van der Waals surface area contributed by atoms with E-state index in [1.54, 1.807) is 7.11 Å². The van der Waals surface area contributed by atoms with Gasteiger partial charge in [0.25, 0.3) is 0 Å². The fourth-order valence-electron chi connectivity index (χ4n) is 3.92. The second-order valence-corrected chi connectivity index (χ2v) is 6.95. The topological polar surface area (TPSA) is 41.6 Å². The molecule has 0 bridgehead atoms. The standard InChI is InChI=1S/C22H24N2O2/c1-15-5-3-4-6-17(15)14-24-12-11-23-22(25)19-10-8-16-7-9-18(26-2)13-20(16)21(19)24/h3-7,9,13H,8,10-12,14H2,1-2H3,(H,23,25). The summed E-state index contributed by atoms with van der Waals surface area (Å²) in [5.74, 6) is 0.902. The Hall–Kier alpha value is -2.75. The third kappa shape index (κ3) is 2.96. The van der Waals surface area contributed by atoms with Crippen molar-refractivity contribution < 1.29 is 9.53 Å². The summed E-state index contributed by atoms with van der Waals surface area (Å²) in [5, 5.41) is 3.06. The minimum atomic E-state index is 0.0701. The van der Waals surface area contributed by atoms with Crippen molar-refractivity contribution in [2.45, 2.75) is 26.3 Å². The Bertz CT molecular complexity index is 885. The van der Waals surface area contributed by atoms with Gasteiger partial charge in [0.2, 0.25) is 5.91 Å². The zero-order valence-electron chi connectivity index (χ0n) is 15.3. The van der Waals surface area contributed by atoms with E-state index in [-0.39, 0.29) is 5.91 Å². The van der Waals surface area contributed by atoms with Gasteiger partial charge < -0.3 is 15.0 Å². The molecule has 2 aromatic rings. The van der Waals surface area contributed by atoms with Gasteiger partial charge in [0.05, 0.1) is 12.8 Å². The third-order valence-electron chi connectivity index (χ3n) is 5.38. The van der Waals surface area contributed by atoms with Crippen LogP contribution in [0.15, 0.2) is 48.0 Å². The average molecular weight is 348 g/mol. The van der Waals surface area contributed by atoms with Crippen molar-refractivity contribution in [3.8, 4) is 5.75 Å². The summed E-state index contributed by atoms with van der Waals surface area (Å²) in [4.78, 5) is 15.0. The normalized spacial score (nSPS) is 16.5. The van der Waals surface area contributed by atoms with Gasteiger partial charge in [-0.3, -0.25) is 4.79 Å². The molecule has 1 heterocycles. The zero-order valence-corrected chi connectivity index (χ0v) is 15.3. The molecule has 0 atom stereocenters. The number of ether oxygens (including phenoxy) is 1. The molecule has 0 unspecified atom stereocenters. The number of fused-ring (bicyclic) bond motifs is 2. The zero-order chi connectivity index (χ0) is 18.1. The van der Waals surface area contributed by atoms with Crippen molar-refractivity contribution >= 4 is 11.6 Å². The van der Waals surface area contributed by atoms with Gasteiger partial charge in [-0.05, 0) is 48.6 Å². The highest BCUT2D eigenvalue weighted by atomic mass is 16.5. The van der Waals surface area contributed by atoms with Crippen LogP contribution in [0.25, 0.3) is 5.70 Å². The van der Waals surface area contributed by atoms with Crippen LogP contribution in [0.2, 0.25) is 0 Å². The van der Waals surface area contributed by atoms with E-state index in [1.165, 1.54) is 16.7 Å². The monoisotopic (exact) mass is 348 g/mol. The van der Waals surface area contributed by atoms with Crippen LogP contribution < -0.4 is 10.1 Å². The molecule has 134 valence electrons. The fourth-order valence-corrected chi connectivity index (χ4v) is 3.92. The van der Waals surface area contributed by atoms with Crippen molar-refractivity contribution in [1.29, 1.82) is 0 Å². The Morgan fingerprint density at radius 3 is 2.81 bits per heavy atom. The second-order valence-electron chi connectivity index (χ2n) is 6.95. The number of methoxy groups -OCH3 is 1. The van der Waals surface area contributed by atoms with Crippen LogP contribution in [0.3, 0.4) is 0 Å². The first-order valence-electron chi connectivity index (χ1n) is 9.15. The van der Waals surface area contributed by atoms with Crippen molar-refractivity contribution in [1.82, 2.24) is 10.2 Å². The molecule has 4 nitrogen and oxygen atoms in total. The van der Waals surface area contributed by atoms with E-state index in [9.17, 15) is 4.79 Å². The minimum absolute atomic E-state index is 0.0701. The van der Waals surface area contributed by atoms with Crippen LogP contribution in [0, 0.1) is 6.92 Å². The molecule has 2 aliphatic rings. The van der Waals surface area contributed by atoms with E-state index in [0.29, 0.717) is 6.54 Å². The molecule has 4 rings (SSSR count). The lowest BCUT2D eigenvalue weighted by Crippen LogP contribution is -2.29. The maximum absolute atomic E-state index is 12.7. The van der Waals surface area contributed by atoms with Gasteiger partial charge in [0, 0.05) is 30.8 Å². The van der Waals surface area contributed by atoms with Crippen molar-refractivity contribution in [3.05, 3.63) is 70.3 Å². The first-order chi connectivity index (χ1) is 12.7. The second kappa shape index (κ2) is 6.87. The Balaban J connectivity index is 1.82. The Morgan fingerprint density at radius 1 is 1.15 bits per heavy atom. The van der Waals surface area contributed by atoms with Crippen LogP contribution in [0.4, 0.5) is 0 Å². The molecule has 0 aromatic heterocycles. The molecule has 1 amide bonds. The number of carbonyl (C=O) groups is 1. The van der Waals surface area contributed by atoms with E-state index in [0.717, 1.165) is 48.5 Å². The lowest BCUT2D eigenvalue weighted by atomic mass is 9.88. The lowest BCUT2D eigenvalue weighted by molar-refractivity contribution is -0.117. The number of aryl methyl sites for hydroxylation is 2. The van der Waals surface area contributed by atoms with Gasteiger partial charge in [0.1, 0.15) is 5.75 Å². The highest BCUT2D eigenvalue weighted by Gasteiger charge is 2.30. The molecule has 1 aliphatic carbocycles. The number of nitrogens with zero attached hydrogens (tertiary/aromatic N) is 1. The Morgan fingerprint density at radius 2 is 2.00 bits per heavy atom. The summed E-state index contributed by atoms with van der Waals surface area (Å²) in [7, 11) is 1.69. The molecule has 0 spiro atoms. The van der Waals surface area contributed by atoms with Gasteiger partial charge >= 0.3 is 0 Å². The molecule has 26 heavy (non-hydrogen) atoms. The quantitative estimate of drug-likeness (QED) is 0.925. The highest BCUT2D eigenvalue weighted by Crippen LogP contribution is 2.37. The minimum Gasteiger partial charge on any atom is -0.497 e. The van der Waals surface area contributed by atoms with Crippen molar-refractivity contribution in [2.24, 2.45) is 0 Å². The molecule has 1 N–H and O–H groups in total. The fraction of sp³-hybridized carbons (Fsp3) is 0.318.